The van der Waals surface area contributed by atoms with Crippen molar-refractivity contribution >= 4 is 34.7 Å². The Morgan fingerprint density at radius 3 is 2.00 bits per heavy atom. The number of amides is 1. The fraction of sp³-hybridized carbons (Fsp3) is 0.162. The third kappa shape index (κ3) is 8.13. The van der Waals surface area contributed by atoms with Crippen LogP contribution in [0.1, 0.15) is 11.1 Å². The number of carbonyl (C=O) groups is 1. The molecule has 0 bridgehead atoms. The lowest BCUT2D eigenvalue weighted by atomic mass is 9.99. The number of hydrogen-bond acceptors (Lipinski definition) is 7. The first-order valence-electron chi connectivity index (χ1n) is 14.9. The second kappa shape index (κ2) is 15.3. The number of carbonyl (C=O) groups excluding carboxylic acids is 1. The van der Waals surface area contributed by atoms with Crippen LogP contribution in [0.4, 0.5) is 17.2 Å². The first-order valence-corrected chi connectivity index (χ1v) is 14.9. The van der Waals surface area contributed by atoms with Crippen molar-refractivity contribution in [3.05, 3.63) is 127 Å². The van der Waals surface area contributed by atoms with E-state index < -0.39 is 0 Å². The highest BCUT2D eigenvalue weighted by Gasteiger charge is 2.21. The molecule has 0 saturated heterocycles. The molecule has 6 rings (SSSR count). The van der Waals surface area contributed by atoms with E-state index in [9.17, 15) is 4.79 Å². The van der Waals surface area contributed by atoms with Crippen LogP contribution in [0.3, 0.4) is 0 Å². The van der Waals surface area contributed by atoms with Gasteiger partial charge >= 0.3 is 0 Å². The second-order valence-corrected chi connectivity index (χ2v) is 10.8. The summed E-state index contributed by atoms with van der Waals surface area (Å²) in [7, 11) is 6.08. The number of furan rings is 1. The molecule has 0 radical (unpaired) electrons. The van der Waals surface area contributed by atoms with Gasteiger partial charge in [-0.15, -0.1) is 0 Å². The van der Waals surface area contributed by atoms with Crippen molar-refractivity contribution in [1.29, 1.82) is 0 Å². The highest BCUT2D eigenvalue weighted by Crippen LogP contribution is 2.42. The van der Waals surface area contributed by atoms with Crippen LogP contribution >= 0.6 is 0 Å². The lowest BCUT2D eigenvalue weighted by Crippen LogP contribution is -2.10. The average Bonchev–Trinajstić information content (AvgIpc) is 3.48. The van der Waals surface area contributed by atoms with Crippen molar-refractivity contribution in [2.24, 2.45) is 0 Å². The number of rotatable bonds is 11. The zero-order valence-electron chi connectivity index (χ0n) is 25.8. The number of benzene rings is 4. The fourth-order valence-corrected chi connectivity index (χ4v) is 5.04. The Morgan fingerprint density at radius 1 is 0.756 bits per heavy atom. The predicted octanol–water partition coefficient (Wildman–Crippen LogP) is 7.57. The molecule has 0 atom stereocenters. The van der Waals surface area contributed by atoms with Crippen LogP contribution in [-0.2, 0) is 17.8 Å². The van der Waals surface area contributed by atoms with E-state index in [1.807, 2.05) is 79.8 Å². The van der Waals surface area contributed by atoms with Gasteiger partial charge in [0.1, 0.15) is 17.9 Å². The maximum Gasteiger partial charge on any atom is 0.232 e. The maximum absolute atomic E-state index is 10.6. The van der Waals surface area contributed by atoms with Crippen molar-refractivity contribution in [1.82, 2.24) is 14.9 Å². The average molecular weight is 599 g/mol. The van der Waals surface area contributed by atoms with Gasteiger partial charge in [-0.3, -0.25) is 4.79 Å². The molecule has 8 heteroatoms. The van der Waals surface area contributed by atoms with E-state index in [1.54, 1.807) is 0 Å². The van der Waals surface area contributed by atoms with Crippen LogP contribution in [0.2, 0.25) is 0 Å². The highest BCUT2D eigenvalue weighted by atomic mass is 16.3. The summed E-state index contributed by atoms with van der Waals surface area (Å²) in [5.41, 5.74) is 8.01. The van der Waals surface area contributed by atoms with Gasteiger partial charge in [0, 0.05) is 42.6 Å². The van der Waals surface area contributed by atoms with Crippen LogP contribution in [0.5, 0.6) is 0 Å². The molecular weight excluding hydrogens is 560 g/mol. The summed E-state index contributed by atoms with van der Waals surface area (Å²) in [6.45, 7) is 1.69. The number of nitrogens with one attached hydrogen (secondary N) is 3. The molecule has 45 heavy (non-hydrogen) atoms. The van der Waals surface area contributed by atoms with Crippen LogP contribution in [0, 0.1) is 0 Å². The quantitative estimate of drug-likeness (QED) is 0.132. The summed E-state index contributed by atoms with van der Waals surface area (Å²) in [6, 6.07) is 36.5. The first kappa shape index (κ1) is 31.0. The van der Waals surface area contributed by atoms with E-state index in [1.165, 1.54) is 11.9 Å². The van der Waals surface area contributed by atoms with Crippen molar-refractivity contribution in [3.8, 4) is 22.5 Å². The van der Waals surface area contributed by atoms with Gasteiger partial charge in [-0.05, 0) is 61.5 Å². The monoisotopic (exact) mass is 598 g/mol. The SMILES string of the molecule is CNc1ccc(CN(C)C)cc1.O=CNc1ccc(CCNc2ncnc3oc(-c4ccccc4)c(-c4ccccc4)c23)cc1. The summed E-state index contributed by atoms with van der Waals surface area (Å²) in [4.78, 5) is 21.7. The Kier molecular flexibility index (Phi) is 10.5. The Balaban J connectivity index is 0.000000282. The Bertz CT molecular complexity index is 1790. The minimum atomic E-state index is 0.550. The van der Waals surface area contributed by atoms with Crippen molar-refractivity contribution in [3.63, 3.8) is 0 Å². The minimum absolute atomic E-state index is 0.550. The second-order valence-electron chi connectivity index (χ2n) is 10.8. The normalized spacial score (nSPS) is 10.7. The molecular formula is C37H38N6O2. The first-order chi connectivity index (χ1) is 22.1. The third-order valence-electron chi connectivity index (χ3n) is 7.21. The van der Waals surface area contributed by atoms with Gasteiger partial charge in [0.15, 0.2) is 0 Å². The number of fused-ring (bicyclic) bond motifs is 1. The fourth-order valence-electron chi connectivity index (χ4n) is 5.04. The van der Waals surface area contributed by atoms with Crippen LogP contribution in [0.25, 0.3) is 33.6 Å². The zero-order chi connectivity index (χ0) is 31.4. The number of hydrogen-bond donors (Lipinski definition) is 3. The predicted molar refractivity (Wildman–Crippen MR) is 184 cm³/mol. The van der Waals surface area contributed by atoms with E-state index in [0.29, 0.717) is 18.7 Å². The minimum Gasteiger partial charge on any atom is -0.437 e. The van der Waals surface area contributed by atoms with Gasteiger partial charge in [0.25, 0.3) is 0 Å². The van der Waals surface area contributed by atoms with Crippen LogP contribution in [-0.4, -0.2) is 49.0 Å². The summed E-state index contributed by atoms with van der Waals surface area (Å²) in [5.74, 6) is 1.52. The van der Waals surface area contributed by atoms with Gasteiger partial charge < -0.3 is 25.3 Å². The van der Waals surface area contributed by atoms with Crippen LogP contribution < -0.4 is 16.0 Å². The van der Waals surface area contributed by atoms with Crippen molar-refractivity contribution in [2.45, 2.75) is 13.0 Å². The summed E-state index contributed by atoms with van der Waals surface area (Å²) >= 11 is 0. The largest absolute Gasteiger partial charge is 0.437 e. The number of anilines is 3. The highest BCUT2D eigenvalue weighted by molar-refractivity contribution is 6.05. The van der Waals surface area contributed by atoms with Crippen molar-refractivity contribution in [2.75, 3.05) is 43.6 Å². The number of nitrogens with zero attached hydrogens (tertiary/aromatic N) is 3. The Hall–Kier alpha value is -5.47. The summed E-state index contributed by atoms with van der Waals surface area (Å²) in [6.07, 6.45) is 3.00. The molecule has 0 spiro atoms. The Morgan fingerprint density at radius 2 is 1.38 bits per heavy atom. The molecule has 2 heterocycles. The smallest absolute Gasteiger partial charge is 0.232 e. The van der Waals surface area contributed by atoms with E-state index >= 15 is 0 Å². The third-order valence-corrected chi connectivity index (χ3v) is 7.21. The Labute approximate surface area is 264 Å². The van der Waals surface area contributed by atoms with Gasteiger partial charge in [-0.25, -0.2) is 9.97 Å². The molecule has 0 aliphatic heterocycles. The molecule has 6 aromatic rings. The van der Waals surface area contributed by atoms with Gasteiger partial charge in [-0.1, -0.05) is 84.9 Å². The van der Waals surface area contributed by atoms with E-state index in [0.717, 1.165) is 63.6 Å². The molecule has 228 valence electrons. The molecule has 0 unspecified atom stereocenters. The lowest BCUT2D eigenvalue weighted by molar-refractivity contribution is -0.105. The lowest BCUT2D eigenvalue weighted by Gasteiger charge is -2.09. The molecule has 0 saturated carbocycles. The molecule has 0 aliphatic rings. The molecule has 0 aliphatic carbocycles. The topological polar surface area (TPSA) is 95.3 Å². The number of aromatic nitrogens is 2. The molecule has 8 nitrogen and oxygen atoms in total. The van der Waals surface area contributed by atoms with Gasteiger partial charge in [0.05, 0.1) is 5.39 Å². The zero-order valence-corrected chi connectivity index (χ0v) is 25.8. The standard InChI is InChI=1S/C27H22N4O2.C10H16N2/c32-18-31-22-13-11-19(12-14-22)15-16-28-26-24-23(20-7-3-1-4-8-20)25(21-9-5-2-6-10-21)33-27(24)30-17-29-26;1-11-10-6-4-9(5-7-10)8-12(2)3/h1-14,17-18H,15-16H2,(H,31,32)(H,28,29,30);4-7,11H,8H2,1-3H3. The van der Waals surface area contributed by atoms with Crippen molar-refractivity contribution < 1.29 is 9.21 Å². The molecule has 3 N–H and O–H groups in total. The molecule has 4 aromatic carbocycles. The van der Waals surface area contributed by atoms with Crippen LogP contribution in [0.15, 0.2) is 120 Å². The molecule has 2 aromatic heterocycles. The maximum atomic E-state index is 10.6. The van der Waals surface area contributed by atoms with E-state index in [4.69, 9.17) is 4.42 Å². The van der Waals surface area contributed by atoms with Gasteiger partial charge in [0.2, 0.25) is 12.1 Å². The van der Waals surface area contributed by atoms with E-state index in [2.05, 4.69) is 81.3 Å². The van der Waals surface area contributed by atoms with E-state index in [-0.39, 0.29) is 0 Å². The summed E-state index contributed by atoms with van der Waals surface area (Å²) < 4.78 is 6.25. The van der Waals surface area contributed by atoms with Gasteiger partial charge in [-0.2, -0.15) is 0 Å². The molecule has 0 fully saturated rings. The summed E-state index contributed by atoms with van der Waals surface area (Å²) in [5, 5.41) is 10.1. The molecule has 1 amide bonds.